The van der Waals surface area contributed by atoms with Crippen molar-refractivity contribution in [1.82, 2.24) is 45.9 Å². The average Bonchev–Trinajstić information content (AvgIpc) is 2.42. The highest BCUT2D eigenvalue weighted by atomic mass is 32.2. The Labute approximate surface area is 537 Å². The van der Waals surface area contributed by atoms with Crippen molar-refractivity contribution in [2.75, 3.05) is 108 Å². The Bertz CT molecular complexity index is 3880. The summed E-state index contributed by atoms with van der Waals surface area (Å²) in [6.45, 7) is 16.3. The number of thioether (sulfide) groups is 3. The summed E-state index contributed by atoms with van der Waals surface area (Å²) in [5.41, 5.74) is 4.06. The van der Waals surface area contributed by atoms with Gasteiger partial charge in [0.25, 0.3) is 39.4 Å². The second-order valence-corrected chi connectivity index (χ2v) is 25.8. The summed E-state index contributed by atoms with van der Waals surface area (Å²) in [5.74, 6) is -3.40. The zero-order chi connectivity index (χ0) is 65.6. The highest BCUT2D eigenvalue weighted by molar-refractivity contribution is 8.19. The van der Waals surface area contributed by atoms with E-state index in [2.05, 4.69) is 101 Å². The normalized spacial score (nSPS) is 18.7. The van der Waals surface area contributed by atoms with Gasteiger partial charge in [-0.05, 0) is 138 Å². The molecule has 3 N–H and O–H groups in total. The topological polar surface area (TPSA) is 235 Å². The number of rotatable bonds is 10. The molecule has 0 radical (unpaired) electrons. The quantitative estimate of drug-likeness (QED) is 0.0854. The van der Waals surface area contributed by atoms with Crippen LogP contribution in [0.5, 0.6) is 0 Å². The Balaban J connectivity index is 0.000000152. The number of aryl methyl sites for hydroxylation is 1. The number of benzene rings is 3. The molecule has 0 bridgehead atoms. The summed E-state index contributed by atoms with van der Waals surface area (Å²) < 4.78 is 81.7. The van der Waals surface area contributed by atoms with Crippen LogP contribution in [-0.2, 0) is 31.9 Å². The van der Waals surface area contributed by atoms with Gasteiger partial charge in [0, 0.05) is 121 Å². The van der Waals surface area contributed by atoms with Gasteiger partial charge in [0.1, 0.15) is 5.82 Å². The van der Waals surface area contributed by atoms with Crippen molar-refractivity contribution >= 4 is 122 Å². The molecule has 0 spiro atoms. The van der Waals surface area contributed by atoms with Crippen LogP contribution in [0, 0.1) is 12.7 Å². The molecule has 9 heterocycles. The van der Waals surface area contributed by atoms with Gasteiger partial charge < -0.3 is 29.4 Å². The summed E-state index contributed by atoms with van der Waals surface area (Å²) in [6, 6.07) is 21.5. The van der Waals surface area contributed by atoms with E-state index >= 15 is 0 Å². The number of anilines is 6. The molecule has 0 atom stereocenters. The number of amides is 6. The molecule has 480 valence electrons. The van der Waals surface area contributed by atoms with Crippen molar-refractivity contribution in [3.05, 3.63) is 157 Å². The number of nitrogens with zero attached hydrogens (tertiary/aromatic N) is 12. The first kappa shape index (κ1) is 65.9. The van der Waals surface area contributed by atoms with Gasteiger partial charge in [-0.1, -0.05) is 39.0 Å². The molecule has 6 aliphatic heterocycles. The number of carbonyl (C=O) groups is 6. The maximum Gasteiger partial charge on any atom is 0.416 e. The molecule has 0 saturated carbocycles. The van der Waals surface area contributed by atoms with Crippen LogP contribution in [-0.4, -0.2) is 142 Å². The molecule has 0 unspecified atom stereocenters. The number of hydrogen-bond donors (Lipinski definition) is 3. The van der Waals surface area contributed by atoms with Gasteiger partial charge in [-0.15, -0.1) is 0 Å². The lowest BCUT2D eigenvalue weighted by molar-refractivity contribution is -0.137. The first-order chi connectivity index (χ1) is 43.7. The molecule has 30 heteroatoms. The average molecular weight is 1320 g/mol. The number of carbonyl (C=O) groups excluding carboxylic acids is 6. The predicted octanol–water partition coefficient (Wildman–Crippen LogP) is 10.3. The van der Waals surface area contributed by atoms with Crippen molar-refractivity contribution < 1.29 is 55.1 Å². The molecule has 6 amide bonds. The molecule has 6 saturated heterocycles. The Morgan fingerprint density at radius 3 is 1.15 bits per heavy atom. The highest BCUT2D eigenvalue weighted by Crippen LogP contribution is 2.39. The zero-order valence-electron chi connectivity index (χ0n) is 50.3. The number of hydrogen-bond acceptors (Lipinski definition) is 21. The minimum atomic E-state index is -4.75. The molecule has 12 rings (SSSR count). The van der Waals surface area contributed by atoms with Gasteiger partial charge >= 0.3 is 6.18 Å². The second kappa shape index (κ2) is 27.8. The van der Waals surface area contributed by atoms with E-state index in [1.54, 1.807) is 58.6 Å². The monoisotopic (exact) mass is 1320 g/mol. The summed E-state index contributed by atoms with van der Waals surface area (Å²) in [6.07, 6.45) is 4.72. The van der Waals surface area contributed by atoms with Crippen molar-refractivity contribution in [3.8, 4) is 0 Å². The van der Waals surface area contributed by atoms with Crippen molar-refractivity contribution in [3.63, 3.8) is 0 Å². The van der Waals surface area contributed by atoms with E-state index in [4.69, 9.17) is 0 Å². The molecule has 92 heavy (non-hydrogen) atoms. The zero-order valence-corrected chi connectivity index (χ0v) is 52.7. The summed E-state index contributed by atoms with van der Waals surface area (Å²) in [5, 5.41) is 5.42. The number of nitrogens with one attached hydrogen (secondary N) is 3. The lowest BCUT2D eigenvalue weighted by Crippen LogP contribution is -2.47. The Kier molecular flexibility index (Phi) is 19.9. The summed E-state index contributed by atoms with van der Waals surface area (Å²) >= 11 is 2.51. The van der Waals surface area contributed by atoms with E-state index in [1.807, 2.05) is 28.9 Å². The molecule has 6 aromatic rings. The first-order valence-corrected chi connectivity index (χ1v) is 31.3. The van der Waals surface area contributed by atoms with Crippen LogP contribution in [0.25, 0.3) is 18.2 Å². The van der Waals surface area contributed by atoms with Gasteiger partial charge in [-0.2, -0.15) is 13.2 Å². The fourth-order valence-electron chi connectivity index (χ4n) is 10.2. The Morgan fingerprint density at radius 2 is 0.804 bits per heavy atom. The van der Waals surface area contributed by atoms with Crippen molar-refractivity contribution in [1.29, 1.82) is 0 Å². The maximum atomic E-state index is 14.2. The minimum Gasteiger partial charge on any atom is -0.368 e. The standard InChI is InChI=1S/C22H25N5O2S.C21H18F5N5O2S.C19H18FN5O2S/c1-22(2,3)15-4-6-17(7-5-15)26-10-12-27(13-11-26)20-23-9-8-16(24-20)14-18-19(28)25-21(29)30-18;1-20(22,23)12-8-13(21(24,25)26)10-15(9-12)30-4-6-31(7-5-30)18-27-3-2-14(28-18)11-16-17(32)29-19(33)34-16;1-12-2-3-15(14(20)10-12)24-6-8-25(9-7-24)18-21-5-4-13(22-18)11-16-17(26)23-19(27)28-16/h4-9,14H,10-13H2,1-3H3,(H,25,28,29);2-3,8-11H,4-7H2,1H3,(H,29,32,33);2-5,10-11H,6-9H2,1H3,(H,23,26,27)/b18-14-;2*16-11-. The van der Waals surface area contributed by atoms with Crippen molar-refractivity contribution in [2.24, 2.45) is 0 Å². The van der Waals surface area contributed by atoms with Crippen LogP contribution in [0.1, 0.15) is 67.0 Å². The highest BCUT2D eigenvalue weighted by Gasteiger charge is 2.36. The van der Waals surface area contributed by atoms with E-state index in [1.165, 1.54) is 23.5 Å². The maximum absolute atomic E-state index is 14.2. The number of imide groups is 3. The predicted molar refractivity (Wildman–Crippen MR) is 344 cm³/mol. The summed E-state index contributed by atoms with van der Waals surface area (Å²) in [7, 11) is 0. The van der Waals surface area contributed by atoms with Gasteiger partial charge in [-0.3, -0.25) is 44.7 Å². The van der Waals surface area contributed by atoms with Crippen LogP contribution < -0.4 is 45.3 Å². The Hall–Kier alpha value is -9.03. The smallest absolute Gasteiger partial charge is 0.368 e. The van der Waals surface area contributed by atoms with E-state index < -0.39 is 40.3 Å². The molecule has 3 aromatic heterocycles. The van der Waals surface area contributed by atoms with Gasteiger partial charge in [0.15, 0.2) is 0 Å². The largest absolute Gasteiger partial charge is 0.416 e. The van der Waals surface area contributed by atoms with Gasteiger partial charge in [0.2, 0.25) is 17.8 Å². The minimum absolute atomic E-state index is 0.0688. The number of aromatic nitrogens is 6. The third-order valence-electron chi connectivity index (χ3n) is 15.1. The third kappa shape index (κ3) is 16.7. The van der Waals surface area contributed by atoms with Gasteiger partial charge in [0.05, 0.1) is 43.0 Å². The summed E-state index contributed by atoms with van der Waals surface area (Å²) in [4.78, 5) is 108. The second-order valence-electron chi connectivity index (χ2n) is 22.7. The van der Waals surface area contributed by atoms with E-state index in [0.717, 1.165) is 79.2 Å². The molecular formula is C62H61F6N15O6S3. The fraction of sp³-hybridized carbons (Fsp3) is 0.323. The van der Waals surface area contributed by atoms with E-state index in [9.17, 15) is 55.1 Å². The van der Waals surface area contributed by atoms with Gasteiger partial charge in [-0.25, -0.2) is 43.1 Å². The van der Waals surface area contributed by atoms with E-state index in [-0.39, 0.29) is 51.3 Å². The number of piperazine rings is 3. The van der Waals surface area contributed by atoms with E-state index in [0.29, 0.717) is 103 Å². The van der Waals surface area contributed by atoms with Crippen molar-refractivity contribution in [2.45, 2.75) is 52.1 Å². The molecule has 21 nitrogen and oxygen atoms in total. The van der Waals surface area contributed by atoms with Crippen LogP contribution in [0.2, 0.25) is 0 Å². The molecule has 0 aliphatic carbocycles. The van der Waals surface area contributed by atoms with Crippen LogP contribution in [0.3, 0.4) is 0 Å². The number of halogens is 6. The molecule has 6 aliphatic rings. The van der Waals surface area contributed by atoms with Crippen LogP contribution in [0.15, 0.2) is 112 Å². The van der Waals surface area contributed by atoms with Crippen LogP contribution in [0.4, 0.5) is 75.6 Å². The molecular weight excluding hydrogens is 1260 g/mol. The third-order valence-corrected chi connectivity index (χ3v) is 17.5. The molecule has 6 fully saturated rings. The lowest BCUT2D eigenvalue weighted by Gasteiger charge is -2.36. The first-order valence-electron chi connectivity index (χ1n) is 28.9. The van der Waals surface area contributed by atoms with Crippen LogP contribution >= 0.6 is 35.3 Å². The lowest BCUT2D eigenvalue weighted by atomic mass is 9.87. The number of alkyl halides is 5. The SMILES string of the molecule is CC(C)(C)c1ccc(N2CCN(c3nccc(/C=C4\SC(=O)NC4=O)n3)CC2)cc1.CC(F)(F)c1cc(N2CCN(c3nccc(/C=C4\SC(=O)NC4=O)n3)CC2)cc(C(F)(F)F)c1.Cc1ccc(N2CCN(c3nccc(/C=C4\SC(=O)NC4=O)n3)CC2)c(F)c1. The fourth-order valence-corrected chi connectivity index (χ4v) is 12.2. The molecule has 3 aromatic carbocycles. The Morgan fingerprint density at radius 1 is 0.435 bits per heavy atom.